The first kappa shape index (κ1) is 19.9. The third kappa shape index (κ3) is 3.48. The summed E-state index contributed by atoms with van der Waals surface area (Å²) in [5, 5.41) is 0. The number of pyridine rings is 1. The van der Waals surface area contributed by atoms with E-state index in [9.17, 15) is 0 Å². The maximum Gasteiger partial charge on any atom is 0.0875 e. The van der Waals surface area contributed by atoms with Gasteiger partial charge in [-0.25, -0.2) is 4.98 Å². The molecule has 0 spiro atoms. The second kappa shape index (κ2) is 8.46. The summed E-state index contributed by atoms with van der Waals surface area (Å²) in [5.74, 6) is 0. The fraction of sp³-hybridized carbons (Fsp3) is 0.381. The van der Waals surface area contributed by atoms with Gasteiger partial charge >= 0.3 is 0 Å². The molecule has 3 aromatic rings. The summed E-state index contributed by atoms with van der Waals surface area (Å²) in [7, 11) is 0. The van der Waals surface area contributed by atoms with Gasteiger partial charge in [-0.3, -0.25) is 0 Å². The van der Waals surface area contributed by atoms with Crippen molar-refractivity contribution in [2.24, 2.45) is 0 Å². The number of hydrogen-bond donors (Lipinski definition) is 2. The Labute approximate surface area is 183 Å². The minimum Gasteiger partial charge on any atom is -0.348 e. The predicted molar refractivity (Wildman–Crippen MR) is 127 cm³/mol. The smallest absolute Gasteiger partial charge is 0.0875 e. The van der Waals surface area contributed by atoms with Crippen LogP contribution >= 0.6 is 45.2 Å². The van der Waals surface area contributed by atoms with Gasteiger partial charge in [0.2, 0.25) is 0 Å². The number of H-pyrrole nitrogens is 2. The zero-order valence-corrected chi connectivity index (χ0v) is 20.1. The second-order valence-corrected chi connectivity index (χ2v) is 8.52. The molecule has 0 atom stereocenters. The highest BCUT2D eigenvalue weighted by Gasteiger charge is 2.18. The Kier molecular flexibility index (Phi) is 6.48. The van der Waals surface area contributed by atoms with Crippen LogP contribution in [0.1, 0.15) is 49.9 Å². The van der Waals surface area contributed by atoms with Gasteiger partial charge in [-0.1, -0.05) is 33.8 Å². The number of rotatable bonds is 6. The standard InChI is InChI=1S/C21H25I2N3/c1-5-12-14(7-3)20(22)25-18(12)16-10-9-11-17(24-16)19-13(6-2)15(8-4)21(23)26-19/h9-11,25-26H,5-8H2,1-4H3. The summed E-state index contributed by atoms with van der Waals surface area (Å²) >= 11 is 4.82. The third-order valence-electron chi connectivity index (χ3n) is 5.01. The Balaban J connectivity index is 2.14. The van der Waals surface area contributed by atoms with E-state index in [1.807, 2.05) is 0 Å². The first-order valence-electron chi connectivity index (χ1n) is 9.31. The Morgan fingerprint density at radius 2 is 1.08 bits per heavy atom. The van der Waals surface area contributed by atoms with Gasteiger partial charge < -0.3 is 9.97 Å². The molecule has 0 aliphatic carbocycles. The van der Waals surface area contributed by atoms with Gasteiger partial charge in [0, 0.05) is 0 Å². The molecule has 3 nitrogen and oxygen atoms in total. The van der Waals surface area contributed by atoms with Crippen molar-refractivity contribution in [3.63, 3.8) is 0 Å². The molecule has 0 aliphatic heterocycles. The van der Waals surface area contributed by atoms with Crippen molar-refractivity contribution < 1.29 is 0 Å². The zero-order chi connectivity index (χ0) is 18.8. The maximum atomic E-state index is 5.04. The lowest BCUT2D eigenvalue weighted by molar-refractivity contribution is 1.05. The minimum atomic E-state index is 1.02. The maximum absolute atomic E-state index is 5.04. The Morgan fingerprint density at radius 3 is 1.42 bits per heavy atom. The van der Waals surface area contributed by atoms with Gasteiger partial charge in [-0.05, 0) is 105 Å². The van der Waals surface area contributed by atoms with Crippen LogP contribution in [-0.2, 0) is 25.7 Å². The highest BCUT2D eigenvalue weighted by molar-refractivity contribution is 14.1. The van der Waals surface area contributed by atoms with Crippen molar-refractivity contribution in [2.75, 3.05) is 0 Å². The molecule has 0 fully saturated rings. The summed E-state index contributed by atoms with van der Waals surface area (Å²) in [6.07, 6.45) is 4.13. The molecule has 0 aliphatic rings. The normalized spacial score (nSPS) is 11.3. The molecule has 0 unspecified atom stereocenters. The monoisotopic (exact) mass is 573 g/mol. The van der Waals surface area contributed by atoms with Crippen LogP contribution in [0.4, 0.5) is 0 Å². The number of nitrogens with zero attached hydrogens (tertiary/aromatic N) is 1. The highest BCUT2D eigenvalue weighted by Crippen LogP contribution is 2.33. The molecule has 0 amide bonds. The van der Waals surface area contributed by atoms with E-state index in [-0.39, 0.29) is 0 Å². The van der Waals surface area contributed by atoms with Crippen molar-refractivity contribution >= 4 is 45.2 Å². The van der Waals surface area contributed by atoms with Gasteiger partial charge in [0.15, 0.2) is 0 Å². The van der Waals surface area contributed by atoms with E-state index < -0.39 is 0 Å². The molecule has 3 rings (SSSR count). The van der Waals surface area contributed by atoms with Gasteiger partial charge in [-0.15, -0.1) is 0 Å². The molecule has 0 radical (unpaired) electrons. The molecule has 2 N–H and O–H groups in total. The van der Waals surface area contributed by atoms with Crippen molar-refractivity contribution in [1.82, 2.24) is 15.0 Å². The van der Waals surface area contributed by atoms with Gasteiger partial charge in [0.1, 0.15) is 0 Å². The summed E-state index contributed by atoms with van der Waals surface area (Å²) in [6, 6.07) is 6.35. The second-order valence-electron chi connectivity index (χ2n) is 6.36. The molecule has 3 aromatic heterocycles. The lowest BCUT2D eigenvalue weighted by atomic mass is 10.0. The van der Waals surface area contributed by atoms with E-state index in [4.69, 9.17) is 4.98 Å². The average Bonchev–Trinajstić information content (AvgIpc) is 3.17. The molecule has 0 bridgehead atoms. The van der Waals surface area contributed by atoms with Crippen LogP contribution in [0.5, 0.6) is 0 Å². The van der Waals surface area contributed by atoms with E-state index in [0.29, 0.717) is 0 Å². The number of aromatic nitrogens is 3. The molecule has 0 aromatic carbocycles. The van der Waals surface area contributed by atoms with Crippen molar-refractivity contribution in [2.45, 2.75) is 53.4 Å². The Hall–Kier alpha value is -0.830. The van der Waals surface area contributed by atoms with Crippen LogP contribution in [-0.4, -0.2) is 15.0 Å². The SMILES string of the molecule is CCc1c(I)[nH]c(-c2cccc(-c3[nH]c(I)c(CC)c3CC)n2)c1CC. The summed E-state index contributed by atoms with van der Waals surface area (Å²) < 4.78 is 2.47. The van der Waals surface area contributed by atoms with E-state index in [1.54, 1.807) is 0 Å². The predicted octanol–water partition coefficient (Wildman–Crippen LogP) is 6.53. The quantitative estimate of drug-likeness (QED) is 0.324. The average molecular weight is 573 g/mol. The summed E-state index contributed by atoms with van der Waals surface area (Å²) in [4.78, 5) is 12.2. The van der Waals surface area contributed by atoms with E-state index >= 15 is 0 Å². The number of halogens is 2. The first-order valence-corrected chi connectivity index (χ1v) is 11.5. The van der Waals surface area contributed by atoms with Crippen LogP contribution < -0.4 is 0 Å². The number of aromatic amines is 2. The number of nitrogens with one attached hydrogen (secondary N) is 2. The fourth-order valence-electron chi connectivity index (χ4n) is 3.76. The zero-order valence-electron chi connectivity index (χ0n) is 15.8. The lowest BCUT2D eigenvalue weighted by Crippen LogP contribution is -1.95. The van der Waals surface area contributed by atoms with E-state index in [1.165, 1.54) is 41.0 Å². The van der Waals surface area contributed by atoms with Gasteiger partial charge in [-0.2, -0.15) is 0 Å². The Morgan fingerprint density at radius 1 is 0.692 bits per heavy atom. The molecule has 0 saturated heterocycles. The van der Waals surface area contributed by atoms with Crippen LogP contribution in [0.15, 0.2) is 18.2 Å². The minimum absolute atomic E-state index is 1.02. The molecular weight excluding hydrogens is 548 g/mol. The molecular formula is C21H25I2N3. The van der Waals surface area contributed by atoms with Crippen molar-refractivity contribution in [3.05, 3.63) is 47.9 Å². The molecule has 5 heteroatoms. The summed E-state index contributed by atoms with van der Waals surface area (Å²) in [6.45, 7) is 8.89. The first-order chi connectivity index (χ1) is 12.5. The molecule has 0 saturated carbocycles. The molecule has 26 heavy (non-hydrogen) atoms. The largest absolute Gasteiger partial charge is 0.348 e. The Bertz CT molecular complexity index is 850. The van der Waals surface area contributed by atoms with Crippen LogP contribution in [0.2, 0.25) is 0 Å². The van der Waals surface area contributed by atoms with Crippen LogP contribution in [0.25, 0.3) is 22.8 Å². The fourth-order valence-corrected chi connectivity index (χ4v) is 5.71. The van der Waals surface area contributed by atoms with E-state index in [2.05, 4.69) is 101 Å². The van der Waals surface area contributed by atoms with Gasteiger partial charge in [0.25, 0.3) is 0 Å². The van der Waals surface area contributed by atoms with E-state index in [0.717, 1.165) is 37.1 Å². The lowest BCUT2D eigenvalue weighted by Gasteiger charge is -2.07. The third-order valence-corrected chi connectivity index (χ3v) is 6.85. The summed E-state index contributed by atoms with van der Waals surface area (Å²) in [5.41, 5.74) is 10.0. The van der Waals surface area contributed by atoms with Crippen molar-refractivity contribution in [3.8, 4) is 22.8 Å². The molecule has 3 heterocycles. The van der Waals surface area contributed by atoms with Crippen LogP contribution in [0, 0.1) is 7.40 Å². The molecule has 138 valence electrons. The van der Waals surface area contributed by atoms with Crippen molar-refractivity contribution in [1.29, 1.82) is 0 Å². The topological polar surface area (TPSA) is 44.5 Å². The van der Waals surface area contributed by atoms with Crippen LogP contribution in [0.3, 0.4) is 0 Å². The number of hydrogen-bond acceptors (Lipinski definition) is 1. The highest BCUT2D eigenvalue weighted by atomic mass is 127. The van der Waals surface area contributed by atoms with Gasteiger partial charge in [0.05, 0.1) is 30.2 Å².